The van der Waals surface area contributed by atoms with Crippen LogP contribution in [0.1, 0.15) is 42.6 Å². The number of rotatable bonds is 5. The number of amidine groups is 1. The van der Waals surface area contributed by atoms with Gasteiger partial charge in [0.25, 0.3) is 15.9 Å². The van der Waals surface area contributed by atoms with E-state index in [0.717, 1.165) is 18.4 Å². The Hall–Kier alpha value is -2.67. The van der Waals surface area contributed by atoms with Crippen molar-refractivity contribution in [1.82, 2.24) is 0 Å². The zero-order valence-corrected chi connectivity index (χ0v) is 16.5. The summed E-state index contributed by atoms with van der Waals surface area (Å²) in [5, 5.41) is 2.80. The van der Waals surface area contributed by atoms with Crippen molar-refractivity contribution in [1.29, 1.82) is 0 Å². The van der Waals surface area contributed by atoms with Gasteiger partial charge in [0.2, 0.25) is 0 Å². The fourth-order valence-corrected chi connectivity index (χ4v) is 4.32. The van der Waals surface area contributed by atoms with Crippen LogP contribution in [0.4, 0.5) is 11.4 Å². The van der Waals surface area contributed by atoms with Gasteiger partial charge in [0.1, 0.15) is 10.7 Å². The number of benzene rings is 2. The van der Waals surface area contributed by atoms with Gasteiger partial charge in [-0.15, -0.1) is 4.40 Å². The van der Waals surface area contributed by atoms with Crippen LogP contribution < -0.4 is 10.2 Å². The number of nitrogens with one attached hydrogen (secondary N) is 1. The van der Waals surface area contributed by atoms with E-state index in [1.54, 1.807) is 25.1 Å². The minimum atomic E-state index is -3.82. The number of sulfonamides is 1. The monoisotopic (exact) mass is 385 g/mol. The largest absolute Gasteiger partial charge is 0.328 e. The minimum Gasteiger partial charge on any atom is -0.328 e. The van der Waals surface area contributed by atoms with Gasteiger partial charge in [0.15, 0.2) is 0 Å². The highest BCUT2D eigenvalue weighted by Gasteiger charge is 2.29. The smallest absolute Gasteiger partial charge is 0.286 e. The molecule has 0 radical (unpaired) electrons. The first kappa shape index (κ1) is 19.1. The fraction of sp³-hybridized carbons (Fsp3) is 0.300. The van der Waals surface area contributed by atoms with Crippen LogP contribution in [-0.4, -0.2) is 26.7 Å². The second-order valence-electron chi connectivity index (χ2n) is 6.62. The molecule has 27 heavy (non-hydrogen) atoms. The van der Waals surface area contributed by atoms with Crippen molar-refractivity contribution in [2.24, 2.45) is 4.40 Å². The molecule has 0 saturated carbocycles. The number of anilines is 2. The first-order valence-corrected chi connectivity index (χ1v) is 10.4. The highest BCUT2D eigenvalue weighted by atomic mass is 32.2. The van der Waals surface area contributed by atoms with Crippen molar-refractivity contribution in [3.05, 3.63) is 53.6 Å². The Balaban J connectivity index is 1.95. The van der Waals surface area contributed by atoms with E-state index in [1.165, 1.54) is 6.07 Å². The van der Waals surface area contributed by atoms with Crippen LogP contribution in [0.2, 0.25) is 0 Å². The van der Waals surface area contributed by atoms with E-state index < -0.39 is 10.0 Å². The van der Waals surface area contributed by atoms with Crippen LogP contribution in [0.25, 0.3) is 0 Å². The van der Waals surface area contributed by atoms with E-state index in [-0.39, 0.29) is 16.4 Å². The summed E-state index contributed by atoms with van der Waals surface area (Å²) in [5.74, 6) is 0.0953. The quantitative estimate of drug-likeness (QED) is 0.844. The summed E-state index contributed by atoms with van der Waals surface area (Å²) in [7, 11) is -3.82. The first-order valence-electron chi connectivity index (χ1n) is 8.93. The summed E-state index contributed by atoms with van der Waals surface area (Å²) >= 11 is 0. The SMILES string of the molecule is CCCCN1C(C)=NS(=O)(=O)c2cc(C(=O)Nc3cccc(C)c3)ccc21. The maximum Gasteiger partial charge on any atom is 0.286 e. The number of hydrogen-bond acceptors (Lipinski definition) is 4. The molecule has 0 aliphatic carbocycles. The standard InChI is InChI=1S/C20H23N3O3S/c1-4-5-11-23-15(3)22-27(25,26)19-13-16(9-10-18(19)23)20(24)21-17-8-6-7-14(2)12-17/h6-10,12-13H,4-5,11H2,1-3H3,(H,21,24). The Kier molecular flexibility index (Phi) is 5.32. The van der Waals surface area contributed by atoms with E-state index in [9.17, 15) is 13.2 Å². The van der Waals surface area contributed by atoms with Gasteiger partial charge in [-0.05, 0) is 56.2 Å². The van der Waals surface area contributed by atoms with Crippen LogP contribution in [0.15, 0.2) is 51.8 Å². The topological polar surface area (TPSA) is 78.8 Å². The van der Waals surface area contributed by atoms with Crippen molar-refractivity contribution in [3.63, 3.8) is 0 Å². The Morgan fingerprint density at radius 1 is 1.15 bits per heavy atom. The van der Waals surface area contributed by atoms with Gasteiger partial charge < -0.3 is 10.2 Å². The highest BCUT2D eigenvalue weighted by Crippen LogP contribution is 2.33. The van der Waals surface area contributed by atoms with Gasteiger partial charge in [-0.1, -0.05) is 25.5 Å². The molecular weight excluding hydrogens is 362 g/mol. The molecule has 2 aromatic carbocycles. The van der Waals surface area contributed by atoms with Crippen molar-refractivity contribution in [3.8, 4) is 0 Å². The second-order valence-corrected chi connectivity index (χ2v) is 8.20. The molecule has 0 bridgehead atoms. The Labute approximate surface area is 160 Å². The number of aryl methyl sites for hydroxylation is 1. The van der Waals surface area contributed by atoms with Gasteiger partial charge in [-0.25, -0.2) is 0 Å². The van der Waals surface area contributed by atoms with E-state index in [2.05, 4.69) is 16.6 Å². The molecule has 0 atom stereocenters. The van der Waals surface area contributed by atoms with Gasteiger partial charge in [0.05, 0.1) is 5.69 Å². The van der Waals surface area contributed by atoms with Crippen molar-refractivity contribution in [2.45, 2.75) is 38.5 Å². The normalized spacial score (nSPS) is 15.1. The summed E-state index contributed by atoms with van der Waals surface area (Å²) in [6.45, 7) is 6.39. The Morgan fingerprint density at radius 2 is 1.93 bits per heavy atom. The lowest BCUT2D eigenvalue weighted by Crippen LogP contribution is -2.34. The summed E-state index contributed by atoms with van der Waals surface area (Å²) in [6.07, 6.45) is 1.91. The first-order chi connectivity index (χ1) is 12.8. The van der Waals surface area contributed by atoms with Gasteiger partial charge in [-0.2, -0.15) is 8.42 Å². The molecule has 0 fully saturated rings. The van der Waals surface area contributed by atoms with E-state index in [1.807, 2.05) is 30.0 Å². The van der Waals surface area contributed by atoms with Crippen LogP contribution >= 0.6 is 0 Å². The lowest BCUT2D eigenvalue weighted by atomic mass is 10.1. The Morgan fingerprint density at radius 3 is 2.63 bits per heavy atom. The van der Waals surface area contributed by atoms with Crippen molar-refractivity contribution >= 4 is 33.1 Å². The summed E-state index contributed by atoms with van der Waals surface area (Å²) in [4.78, 5) is 14.5. The van der Waals surface area contributed by atoms with E-state index >= 15 is 0 Å². The third kappa shape index (κ3) is 4.03. The van der Waals surface area contributed by atoms with Gasteiger partial charge in [-0.3, -0.25) is 4.79 Å². The maximum absolute atomic E-state index is 12.6. The zero-order chi connectivity index (χ0) is 19.6. The molecule has 7 heteroatoms. The number of hydrogen-bond donors (Lipinski definition) is 1. The van der Waals surface area contributed by atoms with Crippen LogP contribution in [0, 0.1) is 6.92 Å². The molecule has 2 aromatic rings. The fourth-order valence-electron chi connectivity index (χ4n) is 3.06. The summed E-state index contributed by atoms with van der Waals surface area (Å²) in [5.41, 5.74) is 2.54. The second kappa shape index (κ2) is 7.52. The zero-order valence-electron chi connectivity index (χ0n) is 15.7. The molecule has 142 valence electrons. The van der Waals surface area contributed by atoms with E-state index in [4.69, 9.17) is 0 Å². The third-order valence-electron chi connectivity index (χ3n) is 4.44. The average Bonchev–Trinajstić information content (AvgIpc) is 2.61. The molecular formula is C20H23N3O3S. The van der Waals surface area contributed by atoms with Crippen LogP contribution in [0.5, 0.6) is 0 Å². The van der Waals surface area contributed by atoms with Crippen LogP contribution in [0.3, 0.4) is 0 Å². The van der Waals surface area contributed by atoms with Crippen molar-refractivity contribution in [2.75, 3.05) is 16.8 Å². The lowest BCUT2D eigenvalue weighted by Gasteiger charge is -2.29. The average molecular weight is 385 g/mol. The predicted octanol–water partition coefficient (Wildman–Crippen LogP) is 3.97. The molecule has 1 amide bonds. The summed E-state index contributed by atoms with van der Waals surface area (Å²) in [6, 6.07) is 12.2. The van der Waals surface area contributed by atoms with Gasteiger partial charge in [0, 0.05) is 17.8 Å². The molecule has 1 N–H and O–H groups in total. The van der Waals surface area contributed by atoms with Crippen LogP contribution in [-0.2, 0) is 10.0 Å². The number of amides is 1. The number of fused-ring (bicyclic) bond motifs is 1. The molecule has 0 unspecified atom stereocenters. The number of nitrogens with zero attached hydrogens (tertiary/aromatic N) is 2. The molecule has 1 heterocycles. The molecule has 1 aliphatic rings. The molecule has 3 rings (SSSR count). The molecule has 0 saturated heterocycles. The lowest BCUT2D eigenvalue weighted by molar-refractivity contribution is 0.102. The predicted molar refractivity (Wildman–Crippen MR) is 108 cm³/mol. The molecule has 1 aliphatic heterocycles. The van der Waals surface area contributed by atoms with E-state index in [0.29, 0.717) is 23.8 Å². The molecule has 0 aromatic heterocycles. The number of carbonyl (C=O) groups is 1. The summed E-state index contributed by atoms with van der Waals surface area (Å²) < 4.78 is 28.9. The highest BCUT2D eigenvalue weighted by molar-refractivity contribution is 7.90. The molecule has 6 nitrogen and oxygen atoms in total. The maximum atomic E-state index is 12.6. The van der Waals surface area contributed by atoms with Crippen molar-refractivity contribution < 1.29 is 13.2 Å². The number of carbonyl (C=O) groups excluding carboxylic acids is 1. The third-order valence-corrected chi connectivity index (χ3v) is 5.83. The Bertz CT molecular complexity index is 1010. The molecule has 0 spiro atoms. The minimum absolute atomic E-state index is 0.0705. The van der Waals surface area contributed by atoms with Gasteiger partial charge >= 0.3 is 0 Å². The number of unbranched alkanes of at least 4 members (excludes halogenated alkanes) is 1.